The van der Waals surface area contributed by atoms with Gasteiger partial charge in [0, 0.05) is 25.7 Å². The zero-order valence-electron chi connectivity index (χ0n) is 49.1. The number of phosphoric ester groups is 2. The molecular formula is C58H112O17P2. The predicted molar refractivity (Wildman–Crippen MR) is 303 cm³/mol. The van der Waals surface area contributed by atoms with Gasteiger partial charge in [-0.25, -0.2) is 9.13 Å². The fourth-order valence-corrected chi connectivity index (χ4v) is 10.1. The summed E-state index contributed by atoms with van der Waals surface area (Å²) < 4.78 is 67.5. The van der Waals surface area contributed by atoms with E-state index in [0.29, 0.717) is 31.6 Å². The van der Waals surface area contributed by atoms with Crippen LogP contribution in [-0.2, 0) is 65.4 Å². The molecule has 0 bridgehead atoms. The van der Waals surface area contributed by atoms with Gasteiger partial charge in [0.2, 0.25) is 0 Å². The first kappa shape index (κ1) is 75.1. The topological polar surface area (TPSA) is 237 Å². The van der Waals surface area contributed by atoms with Crippen LogP contribution in [0.25, 0.3) is 0 Å². The molecule has 0 aliphatic heterocycles. The first-order chi connectivity index (χ1) is 37.0. The average Bonchev–Trinajstić information content (AvgIpc) is 3.39. The van der Waals surface area contributed by atoms with Crippen LogP contribution in [0.2, 0.25) is 0 Å². The van der Waals surface area contributed by atoms with E-state index in [1.165, 1.54) is 77.0 Å². The number of carbonyl (C=O) groups is 4. The summed E-state index contributed by atoms with van der Waals surface area (Å²) >= 11 is 0. The van der Waals surface area contributed by atoms with Gasteiger partial charge in [0.25, 0.3) is 0 Å². The third-order valence-electron chi connectivity index (χ3n) is 13.3. The molecule has 0 amide bonds. The lowest BCUT2D eigenvalue weighted by atomic mass is 10.0. The van der Waals surface area contributed by atoms with Gasteiger partial charge >= 0.3 is 39.5 Å². The first-order valence-corrected chi connectivity index (χ1v) is 33.6. The number of phosphoric acid groups is 2. The smallest absolute Gasteiger partial charge is 0.462 e. The summed E-state index contributed by atoms with van der Waals surface area (Å²) in [6.07, 6.45) is 33.7. The molecule has 0 fully saturated rings. The van der Waals surface area contributed by atoms with E-state index in [-0.39, 0.29) is 25.7 Å². The van der Waals surface area contributed by atoms with Crippen molar-refractivity contribution in [3.63, 3.8) is 0 Å². The van der Waals surface area contributed by atoms with Crippen LogP contribution in [0, 0.1) is 5.92 Å². The molecule has 0 spiro atoms. The van der Waals surface area contributed by atoms with Gasteiger partial charge in [-0.1, -0.05) is 234 Å². The van der Waals surface area contributed by atoms with Crippen LogP contribution in [0.15, 0.2) is 0 Å². The van der Waals surface area contributed by atoms with E-state index in [1.807, 2.05) is 0 Å². The fourth-order valence-electron chi connectivity index (χ4n) is 8.52. The predicted octanol–water partition coefficient (Wildman–Crippen LogP) is 15.5. The van der Waals surface area contributed by atoms with Crippen LogP contribution in [-0.4, -0.2) is 96.7 Å². The van der Waals surface area contributed by atoms with Crippen LogP contribution in [0.1, 0.15) is 285 Å². The zero-order valence-corrected chi connectivity index (χ0v) is 50.9. The monoisotopic (exact) mass is 1140 g/mol. The van der Waals surface area contributed by atoms with Gasteiger partial charge < -0.3 is 33.8 Å². The Morgan fingerprint density at radius 1 is 0.351 bits per heavy atom. The number of aliphatic hydroxyl groups excluding tert-OH is 1. The van der Waals surface area contributed by atoms with Crippen molar-refractivity contribution in [3.8, 4) is 0 Å². The van der Waals surface area contributed by atoms with Gasteiger partial charge in [0.1, 0.15) is 19.3 Å². The number of rotatable bonds is 58. The molecule has 5 atom stereocenters. The highest BCUT2D eigenvalue weighted by Gasteiger charge is 2.30. The van der Waals surface area contributed by atoms with E-state index >= 15 is 0 Å². The second kappa shape index (κ2) is 52.2. The number of carbonyl (C=O) groups excluding carboxylic acids is 4. The molecule has 0 aliphatic rings. The fraction of sp³-hybridized carbons (Fsp3) is 0.931. The van der Waals surface area contributed by atoms with Crippen molar-refractivity contribution in [2.24, 2.45) is 5.92 Å². The van der Waals surface area contributed by atoms with Gasteiger partial charge in [-0.05, 0) is 31.6 Å². The normalized spacial score (nSPS) is 14.4. The maximum absolute atomic E-state index is 12.9. The molecule has 0 radical (unpaired) electrons. The molecule has 0 aromatic rings. The Hall–Kier alpha value is -1.94. The summed E-state index contributed by atoms with van der Waals surface area (Å²) in [5.41, 5.74) is 0. The average molecular weight is 1140 g/mol. The van der Waals surface area contributed by atoms with Crippen LogP contribution in [0.5, 0.6) is 0 Å². The Morgan fingerprint density at radius 3 is 0.883 bits per heavy atom. The zero-order chi connectivity index (χ0) is 57.1. The molecular weight excluding hydrogens is 1030 g/mol. The molecule has 2 unspecified atom stereocenters. The molecule has 0 aliphatic carbocycles. The Balaban J connectivity index is 5.19. The van der Waals surface area contributed by atoms with Gasteiger partial charge in [0.05, 0.1) is 26.4 Å². The summed E-state index contributed by atoms with van der Waals surface area (Å²) in [5, 5.41) is 10.5. The van der Waals surface area contributed by atoms with Crippen LogP contribution in [0.4, 0.5) is 0 Å². The number of ether oxygens (including phenoxy) is 4. The van der Waals surface area contributed by atoms with E-state index in [0.717, 1.165) is 122 Å². The third kappa shape index (κ3) is 53.2. The second-order valence-electron chi connectivity index (χ2n) is 21.5. The minimum absolute atomic E-state index is 0.103. The van der Waals surface area contributed by atoms with Crippen LogP contribution in [0.3, 0.4) is 0 Å². The lowest BCUT2D eigenvalue weighted by Gasteiger charge is -2.21. The molecule has 0 saturated heterocycles. The Bertz CT molecular complexity index is 1520. The molecule has 0 heterocycles. The number of hydrogen-bond acceptors (Lipinski definition) is 15. The minimum atomic E-state index is -4.94. The van der Waals surface area contributed by atoms with Crippen molar-refractivity contribution in [1.82, 2.24) is 0 Å². The van der Waals surface area contributed by atoms with Gasteiger partial charge in [-0.2, -0.15) is 0 Å². The minimum Gasteiger partial charge on any atom is -0.462 e. The largest absolute Gasteiger partial charge is 0.472 e. The van der Waals surface area contributed by atoms with Gasteiger partial charge in [-0.3, -0.25) is 37.3 Å². The number of hydrogen-bond donors (Lipinski definition) is 3. The van der Waals surface area contributed by atoms with Crippen molar-refractivity contribution in [2.75, 3.05) is 39.6 Å². The van der Waals surface area contributed by atoms with Gasteiger partial charge in [0.15, 0.2) is 12.2 Å². The molecule has 0 aromatic heterocycles. The van der Waals surface area contributed by atoms with E-state index in [2.05, 4.69) is 34.6 Å². The summed E-state index contributed by atoms with van der Waals surface area (Å²) in [6.45, 7) is 7.01. The maximum atomic E-state index is 12.9. The van der Waals surface area contributed by atoms with E-state index < -0.39 is 97.5 Å². The molecule has 0 saturated carbocycles. The summed E-state index contributed by atoms with van der Waals surface area (Å²) in [4.78, 5) is 71.7. The summed E-state index contributed by atoms with van der Waals surface area (Å²) in [5.74, 6) is -1.44. The first-order valence-electron chi connectivity index (χ1n) is 30.6. The van der Waals surface area contributed by atoms with Crippen molar-refractivity contribution in [3.05, 3.63) is 0 Å². The Labute approximate surface area is 467 Å². The third-order valence-corrected chi connectivity index (χ3v) is 15.2. The van der Waals surface area contributed by atoms with Crippen molar-refractivity contribution >= 4 is 39.5 Å². The number of unbranched alkanes of at least 4 members (excludes halogenated alkanes) is 30. The Morgan fingerprint density at radius 2 is 0.597 bits per heavy atom. The lowest BCUT2D eigenvalue weighted by molar-refractivity contribution is -0.161. The standard InChI is InChI=1S/C58H112O17P2/c1-6-9-12-15-18-19-20-21-22-23-28-34-39-44-58(63)75-54(48-69-56(61)42-37-32-29-24-27-30-35-40-51(4)5)50-73-77(66,67)71-46-52(59)45-70-76(64,65)72-49-53(74-57(62)43-38-33-26-17-14-11-8-3)47-68-55(60)41-36-31-25-16-13-10-7-2/h51-54,59H,6-50H2,1-5H3,(H,64,65)(H,66,67)/t52-,53+,54+/m0/s1. The summed E-state index contributed by atoms with van der Waals surface area (Å²) in [7, 11) is -9.86. The van der Waals surface area contributed by atoms with Crippen molar-refractivity contribution < 1.29 is 80.2 Å². The van der Waals surface area contributed by atoms with Crippen molar-refractivity contribution in [1.29, 1.82) is 0 Å². The van der Waals surface area contributed by atoms with Crippen LogP contribution < -0.4 is 0 Å². The molecule has 0 aromatic carbocycles. The highest BCUT2D eigenvalue weighted by molar-refractivity contribution is 7.47. The lowest BCUT2D eigenvalue weighted by Crippen LogP contribution is -2.30. The quantitative estimate of drug-likeness (QED) is 0.0222. The van der Waals surface area contributed by atoms with E-state index in [1.54, 1.807) is 0 Å². The molecule has 0 rings (SSSR count). The number of esters is 4. The van der Waals surface area contributed by atoms with Crippen molar-refractivity contribution in [2.45, 2.75) is 303 Å². The van der Waals surface area contributed by atoms with E-state index in [4.69, 9.17) is 37.0 Å². The highest BCUT2D eigenvalue weighted by Crippen LogP contribution is 2.45. The maximum Gasteiger partial charge on any atom is 0.472 e. The molecule has 3 N–H and O–H groups in total. The van der Waals surface area contributed by atoms with Gasteiger partial charge in [-0.15, -0.1) is 0 Å². The molecule has 77 heavy (non-hydrogen) atoms. The number of aliphatic hydroxyl groups is 1. The van der Waals surface area contributed by atoms with E-state index in [9.17, 15) is 43.2 Å². The highest BCUT2D eigenvalue weighted by atomic mass is 31.2. The summed E-state index contributed by atoms with van der Waals surface area (Å²) in [6, 6.07) is 0. The molecule has 17 nitrogen and oxygen atoms in total. The molecule has 456 valence electrons. The second-order valence-corrected chi connectivity index (χ2v) is 24.4. The Kier molecular flexibility index (Phi) is 50.8. The SMILES string of the molecule is CCCCCCCCCCCCCCCC(=O)O[C@H](COC(=O)CCCCCCCCCC(C)C)COP(=O)(O)OC[C@@H](O)COP(=O)(O)OC[C@@H](COC(=O)CCCCCCCCC)OC(=O)CCCCCCCCC. The molecule has 19 heteroatoms. The van der Waals surface area contributed by atoms with Crippen LogP contribution >= 0.6 is 15.6 Å².